The molecule has 7 nitrogen and oxygen atoms in total. The van der Waals surface area contributed by atoms with Gasteiger partial charge in [-0.1, -0.05) is 54.5 Å². The van der Waals surface area contributed by atoms with Crippen LogP contribution in [0, 0.1) is 0 Å². The summed E-state index contributed by atoms with van der Waals surface area (Å²) in [5, 5.41) is 3.37. The lowest BCUT2D eigenvalue weighted by Crippen LogP contribution is -2.15. The molecular formula is C22H17F3N4O3. The Morgan fingerprint density at radius 2 is 1.88 bits per heavy atom. The van der Waals surface area contributed by atoms with Crippen molar-refractivity contribution < 1.29 is 27.2 Å². The number of aryl methyl sites for hydroxylation is 1. The van der Waals surface area contributed by atoms with Crippen molar-refractivity contribution in [1.29, 1.82) is 0 Å². The third kappa shape index (κ3) is 4.53. The molecule has 0 amide bonds. The summed E-state index contributed by atoms with van der Waals surface area (Å²) in [6.07, 6.45) is -1.05. The van der Waals surface area contributed by atoms with Gasteiger partial charge in [-0.25, -0.2) is 9.78 Å². The molecule has 2 aromatic carbocycles. The van der Waals surface area contributed by atoms with Gasteiger partial charge >= 0.3 is 18.0 Å². The predicted octanol–water partition coefficient (Wildman–Crippen LogP) is 4.78. The Morgan fingerprint density at radius 3 is 2.56 bits per heavy atom. The Kier molecular flexibility index (Phi) is 5.76. The topological polar surface area (TPSA) is 83.0 Å². The summed E-state index contributed by atoms with van der Waals surface area (Å²) in [5.74, 6) is -1.60. The number of halogens is 3. The second-order valence-electron chi connectivity index (χ2n) is 6.88. The quantitative estimate of drug-likeness (QED) is 0.316. The summed E-state index contributed by atoms with van der Waals surface area (Å²) in [6.45, 7) is 2.28. The molecule has 2 aromatic heterocycles. The number of para-hydroxylation sites is 1. The number of esters is 1. The molecule has 0 fully saturated rings. The van der Waals surface area contributed by atoms with E-state index in [9.17, 15) is 18.0 Å². The minimum atomic E-state index is -4.70. The highest BCUT2D eigenvalue weighted by Gasteiger charge is 2.38. The summed E-state index contributed by atoms with van der Waals surface area (Å²) in [7, 11) is 0. The van der Waals surface area contributed by atoms with Gasteiger partial charge in [-0.05, 0) is 23.6 Å². The molecular weight excluding hydrogens is 425 g/mol. The highest BCUT2D eigenvalue weighted by Crippen LogP contribution is 2.29. The van der Waals surface area contributed by atoms with Crippen molar-refractivity contribution in [3.05, 3.63) is 83.8 Å². The van der Waals surface area contributed by atoms with Gasteiger partial charge in [-0.3, -0.25) is 0 Å². The SMILES string of the molecule is CCc1ccccc1OC(=O)c1cncn1Cc1ccc(-c2noc(C(F)(F)F)n2)cc1. The van der Waals surface area contributed by atoms with E-state index in [2.05, 4.69) is 19.6 Å². The molecule has 0 saturated heterocycles. The molecule has 0 unspecified atom stereocenters. The van der Waals surface area contributed by atoms with Crippen LogP contribution in [-0.2, 0) is 19.1 Å². The van der Waals surface area contributed by atoms with E-state index >= 15 is 0 Å². The van der Waals surface area contributed by atoms with E-state index in [1.54, 1.807) is 41.0 Å². The van der Waals surface area contributed by atoms with Gasteiger partial charge in [0.15, 0.2) is 0 Å². The number of hydrogen-bond acceptors (Lipinski definition) is 6. The van der Waals surface area contributed by atoms with Crippen molar-refractivity contribution in [2.75, 3.05) is 0 Å². The lowest BCUT2D eigenvalue weighted by molar-refractivity contribution is -0.159. The van der Waals surface area contributed by atoms with Gasteiger partial charge in [0, 0.05) is 12.1 Å². The lowest BCUT2D eigenvalue weighted by Gasteiger charge is -2.11. The maximum atomic E-state index is 12.7. The first-order valence-corrected chi connectivity index (χ1v) is 9.65. The number of carbonyl (C=O) groups is 1. The molecule has 32 heavy (non-hydrogen) atoms. The van der Waals surface area contributed by atoms with E-state index in [-0.39, 0.29) is 11.5 Å². The molecule has 0 aliphatic rings. The van der Waals surface area contributed by atoms with Crippen molar-refractivity contribution in [3.8, 4) is 17.1 Å². The molecule has 10 heteroatoms. The number of aromatic nitrogens is 4. The number of ether oxygens (including phenoxy) is 1. The van der Waals surface area contributed by atoms with E-state index in [1.165, 1.54) is 12.5 Å². The van der Waals surface area contributed by atoms with E-state index in [1.807, 2.05) is 19.1 Å². The smallest absolute Gasteiger partial charge is 0.422 e. The van der Waals surface area contributed by atoms with Crippen molar-refractivity contribution in [2.45, 2.75) is 26.1 Å². The average Bonchev–Trinajstić information content (AvgIpc) is 3.44. The number of hydrogen-bond donors (Lipinski definition) is 0. The molecule has 0 aliphatic carbocycles. The van der Waals surface area contributed by atoms with E-state index in [0.29, 0.717) is 17.9 Å². The van der Waals surface area contributed by atoms with Gasteiger partial charge in [-0.15, -0.1) is 0 Å². The maximum absolute atomic E-state index is 12.7. The Bertz CT molecular complexity index is 1230. The van der Waals surface area contributed by atoms with Crippen LogP contribution in [0.3, 0.4) is 0 Å². The van der Waals surface area contributed by atoms with E-state index in [0.717, 1.165) is 17.5 Å². The van der Waals surface area contributed by atoms with E-state index in [4.69, 9.17) is 4.74 Å². The number of imidazole rings is 1. The Labute approximate surface area is 180 Å². The average molecular weight is 442 g/mol. The standard InChI is InChI=1S/C22H17F3N4O3/c1-2-15-5-3-4-6-18(15)31-20(30)17-11-26-13-29(17)12-14-7-9-16(10-8-14)19-27-21(32-28-19)22(23,24)25/h3-11,13H,2,12H2,1H3. The van der Waals surface area contributed by atoms with Gasteiger partial charge in [0.05, 0.1) is 12.5 Å². The second-order valence-corrected chi connectivity index (χ2v) is 6.88. The molecule has 0 spiro atoms. The van der Waals surface area contributed by atoms with Gasteiger partial charge in [0.1, 0.15) is 11.4 Å². The van der Waals surface area contributed by atoms with Gasteiger partial charge in [0.25, 0.3) is 0 Å². The van der Waals surface area contributed by atoms with Crippen LogP contribution in [-0.4, -0.2) is 25.7 Å². The monoisotopic (exact) mass is 442 g/mol. The van der Waals surface area contributed by atoms with Crippen LogP contribution in [0.4, 0.5) is 13.2 Å². The Morgan fingerprint density at radius 1 is 1.12 bits per heavy atom. The number of rotatable bonds is 6. The third-order valence-corrected chi connectivity index (χ3v) is 4.71. The second kappa shape index (κ2) is 8.66. The van der Waals surface area contributed by atoms with Crippen LogP contribution in [0.5, 0.6) is 5.75 Å². The fourth-order valence-corrected chi connectivity index (χ4v) is 3.08. The number of alkyl halides is 3. The van der Waals surface area contributed by atoms with Crippen LogP contribution in [0.1, 0.15) is 34.4 Å². The zero-order valence-electron chi connectivity index (χ0n) is 16.8. The van der Waals surface area contributed by atoms with Crippen LogP contribution >= 0.6 is 0 Å². The summed E-state index contributed by atoms with van der Waals surface area (Å²) in [4.78, 5) is 20.1. The van der Waals surface area contributed by atoms with Crippen molar-refractivity contribution >= 4 is 5.97 Å². The van der Waals surface area contributed by atoms with Crippen molar-refractivity contribution in [3.63, 3.8) is 0 Å². The highest BCUT2D eigenvalue weighted by molar-refractivity contribution is 5.89. The molecule has 0 atom stereocenters. The predicted molar refractivity (Wildman–Crippen MR) is 107 cm³/mol. The Balaban J connectivity index is 1.48. The number of benzene rings is 2. The van der Waals surface area contributed by atoms with Crippen LogP contribution in [0.15, 0.2) is 65.6 Å². The molecule has 0 aliphatic heterocycles. The highest BCUT2D eigenvalue weighted by atomic mass is 19.4. The third-order valence-electron chi connectivity index (χ3n) is 4.71. The van der Waals surface area contributed by atoms with Crippen molar-refractivity contribution in [1.82, 2.24) is 19.7 Å². The largest absolute Gasteiger partial charge is 0.471 e. The Hall–Kier alpha value is -3.95. The molecule has 4 aromatic rings. The fourth-order valence-electron chi connectivity index (χ4n) is 3.08. The van der Waals surface area contributed by atoms with Crippen LogP contribution < -0.4 is 4.74 Å². The first kappa shape index (κ1) is 21.3. The normalized spacial score (nSPS) is 11.5. The fraction of sp³-hybridized carbons (Fsp3) is 0.182. The zero-order valence-corrected chi connectivity index (χ0v) is 16.8. The minimum absolute atomic E-state index is 0.162. The van der Waals surface area contributed by atoms with E-state index < -0.39 is 18.0 Å². The van der Waals surface area contributed by atoms with Crippen LogP contribution in [0.2, 0.25) is 0 Å². The summed E-state index contributed by atoms with van der Waals surface area (Å²) in [6, 6.07) is 13.8. The summed E-state index contributed by atoms with van der Waals surface area (Å²) >= 11 is 0. The molecule has 164 valence electrons. The number of nitrogens with zero attached hydrogens (tertiary/aromatic N) is 4. The molecule has 0 bridgehead atoms. The summed E-state index contributed by atoms with van der Waals surface area (Å²) in [5.41, 5.74) is 2.34. The molecule has 4 rings (SSSR count). The first-order valence-electron chi connectivity index (χ1n) is 9.65. The van der Waals surface area contributed by atoms with Crippen molar-refractivity contribution in [2.24, 2.45) is 0 Å². The summed E-state index contributed by atoms with van der Waals surface area (Å²) < 4.78 is 49.3. The maximum Gasteiger partial charge on any atom is 0.471 e. The zero-order chi connectivity index (χ0) is 22.7. The lowest BCUT2D eigenvalue weighted by atomic mass is 10.1. The molecule has 0 radical (unpaired) electrons. The first-order chi connectivity index (χ1) is 15.3. The molecule has 2 heterocycles. The van der Waals surface area contributed by atoms with Gasteiger partial charge in [0.2, 0.25) is 5.82 Å². The van der Waals surface area contributed by atoms with Gasteiger partial charge in [-0.2, -0.15) is 18.2 Å². The molecule has 0 saturated carbocycles. The van der Waals surface area contributed by atoms with Gasteiger partial charge < -0.3 is 13.8 Å². The molecule has 0 N–H and O–H groups in total. The minimum Gasteiger partial charge on any atom is -0.422 e. The van der Waals surface area contributed by atoms with Crippen LogP contribution in [0.25, 0.3) is 11.4 Å². The number of carbonyl (C=O) groups excluding carboxylic acids is 1.